The zero-order valence-corrected chi connectivity index (χ0v) is 15.7. The summed E-state index contributed by atoms with van der Waals surface area (Å²) in [4.78, 5) is 14.7. The van der Waals surface area contributed by atoms with E-state index in [1.54, 1.807) is 4.57 Å². The van der Waals surface area contributed by atoms with Gasteiger partial charge in [0.25, 0.3) is 0 Å². The van der Waals surface area contributed by atoms with Gasteiger partial charge in [0.2, 0.25) is 0 Å². The maximum Gasteiger partial charge on any atom is 0.343 e. The van der Waals surface area contributed by atoms with Gasteiger partial charge in [0.15, 0.2) is 0 Å². The first-order valence-electron chi connectivity index (χ1n) is 9.63. The van der Waals surface area contributed by atoms with Gasteiger partial charge in [-0.05, 0) is 49.2 Å². The maximum atomic E-state index is 12.3. The second-order valence-electron chi connectivity index (χ2n) is 7.32. The minimum Gasteiger partial charge on any atom is -0.299 e. The molecular weight excluding hydrogens is 350 g/mol. The van der Waals surface area contributed by atoms with Crippen molar-refractivity contribution in [2.24, 2.45) is 0 Å². The van der Waals surface area contributed by atoms with Crippen LogP contribution in [0, 0.1) is 11.3 Å². The van der Waals surface area contributed by atoms with Crippen molar-refractivity contribution in [3.05, 3.63) is 87.6 Å². The highest BCUT2D eigenvalue weighted by Gasteiger charge is 2.25. The summed E-state index contributed by atoms with van der Waals surface area (Å²) in [6, 6.07) is 20.0. The fourth-order valence-corrected chi connectivity index (χ4v) is 3.91. The molecule has 1 aliphatic rings. The van der Waals surface area contributed by atoms with E-state index in [0.717, 1.165) is 43.9 Å². The third kappa shape index (κ3) is 4.05. The lowest BCUT2D eigenvalue weighted by Gasteiger charge is -2.31. The van der Waals surface area contributed by atoms with Crippen molar-refractivity contribution in [3.8, 4) is 6.07 Å². The highest BCUT2D eigenvalue weighted by atomic mass is 16.1. The molecule has 0 unspecified atom stereocenters. The number of nitrogens with one attached hydrogen (secondary N) is 1. The van der Waals surface area contributed by atoms with E-state index in [4.69, 9.17) is 5.26 Å². The standard InChI is InChI=1S/C22H23N5O/c23-14-18-7-4-8-19(13-18)15-26-11-9-20(10-12-26)21-24-25-22(28)27(21)16-17-5-2-1-3-6-17/h1-8,13,20H,9-12,15-16H2,(H,25,28). The smallest absolute Gasteiger partial charge is 0.299 e. The second-order valence-corrected chi connectivity index (χ2v) is 7.32. The van der Waals surface area contributed by atoms with Gasteiger partial charge in [-0.2, -0.15) is 10.4 Å². The SMILES string of the molecule is N#Cc1cccc(CN2CCC(c3n[nH]c(=O)n3Cc3ccccc3)CC2)c1. The third-order valence-corrected chi connectivity index (χ3v) is 5.39. The van der Waals surface area contributed by atoms with Gasteiger partial charge >= 0.3 is 5.69 Å². The second kappa shape index (κ2) is 8.24. The Morgan fingerprint density at radius 3 is 2.54 bits per heavy atom. The van der Waals surface area contributed by atoms with Crippen molar-refractivity contribution < 1.29 is 0 Å². The van der Waals surface area contributed by atoms with Crippen molar-refractivity contribution in [1.29, 1.82) is 5.26 Å². The Bertz CT molecular complexity index is 1020. The number of H-pyrrole nitrogens is 1. The van der Waals surface area contributed by atoms with Gasteiger partial charge in [-0.1, -0.05) is 42.5 Å². The lowest BCUT2D eigenvalue weighted by molar-refractivity contribution is 0.200. The zero-order valence-electron chi connectivity index (χ0n) is 15.7. The molecule has 4 rings (SSSR count). The number of nitriles is 1. The highest BCUT2D eigenvalue weighted by Crippen LogP contribution is 2.27. The van der Waals surface area contributed by atoms with Crippen LogP contribution in [0.4, 0.5) is 0 Å². The highest BCUT2D eigenvalue weighted by molar-refractivity contribution is 5.32. The molecule has 2 heterocycles. The molecular formula is C22H23N5O. The van der Waals surface area contributed by atoms with Crippen LogP contribution in [0.15, 0.2) is 59.4 Å². The van der Waals surface area contributed by atoms with Crippen LogP contribution < -0.4 is 5.69 Å². The van der Waals surface area contributed by atoms with Crippen LogP contribution in [-0.4, -0.2) is 32.8 Å². The Labute approximate surface area is 164 Å². The van der Waals surface area contributed by atoms with E-state index in [1.807, 2.05) is 48.5 Å². The largest absolute Gasteiger partial charge is 0.343 e. The Kier molecular flexibility index (Phi) is 5.36. The van der Waals surface area contributed by atoms with E-state index in [2.05, 4.69) is 27.2 Å². The Morgan fingerprint density at radius 2 is 1.79 bits per heavy atom. The van der Waals surface area contributed by atoms with E-state index in [-0.39, 0.29) is 11.6 Å². The van der Waals surface area contributed by atoms with E-state index < -0.39 is 0 Å². The Morgan fingerprint density at radius 1 is 1.04 bits per heavy atom. The number of hydrogen-bond acceptors (Lipinski definition) is 4. The molecule has 0 spiro atoms. The van der Waals surface area contributed by atoms with Crippen LogP contribution in [0.1, 0.15) is 41.3 Å². The first-order valence-corrected chi connectivity index (χ1v) is 9.63. The number of nitrogens with zero attached hydrogens (tertiary/aromatic N) is 4. The molecule has 6 nitrogen and oxygen atoms in total. The van der Waals surface area contributed by atoms with E-state index >= 15 is 0 Å². The first kappa shape index (κ1) is 18.2. The average molecular weight is 373 g/mol. The molecule has 1 saturated heterocycles. The van der Waals surface area contributed by atoms with Crippen LogP contribution in [0.5, 0.6) is 0 Å². The summed E-state index contributed by atoms with van der Waals surface area (Å²) in [6.07, 6.45) is 1.94. The van der Waals surface area contributed by atoms with Gasteiger partial charge in [0, 0.05) is 12.5 Å². The van der Waals surface area contributed by atoms with Crippen LogP contribution in [0.2, 0.25) is 0 Å². The number of aromatic nitrogens is 3. The first-order chi connectivity index (χ1) is 13.7. The van der Waals surface area contributed by atoms with Gasteiger partial charge in [-0.25, -0.2) is 9.89 Å². The van der Waals surface area contributed by atoms with E-state index in [9.17, 15) is 4.79 Å². The number of hydrogen-bond donors (Lipinski definition) is 1. The summed E-state index contributed by atoms with van der Waals surface area (Å²) in [7, 11) is 0. The van der Waals surface area contributed by atoms with Crippen molar-refractivity contribution in [2.75, 3.05) is 13.1 Å². The molecule has 1 N–H and O–H groups in total. The van der Waals surface area contributed by atoms with E-state index in [1.165, 1.54) is 5.56 Å². The van der Waals surface area contributed by atoms with Crippen LogP contribution in [-0.2, 0) is 13.1 Å². The van der Waals surface area contributed by atoms with Gasteiger partial charge in [-0.3, -0.25) is 9.47 Å². The fraction of sp³-hybridized carbons (Fsp3) is 0.318. The lowest BCUT2D eigenvalue weighted by Crippen LogP contribution is -2.34. The number of piperidine rings is 1. The predicted molar refractivity (Wildman–Crippen MR) is 107 cm³/mol. The average Bonchev–Trinajstić information content (AvgIpc) is 3.10. The minimum absolute atomic E-state index is 0.144. The predicted octanol–water partition coefficient (Wildman–Crippen LogP) is 2.87. The molecule has 3 aromatic rings. The third-order valence-electron chi connectivity index (χ3n) is 5.39. The normalized spacial score (nSPS) is 15.4. The summed E-state index contributed by atoms with van der Waals surface area (Å²) in [5.41, 5.74) is 2.82. The van der Waals surface area contributed by atoms with Crippen molar-refractivity contribution >= 4 is 0 Å². The van der Waals surface area contributed by atoms with Crippen LogP contribution >= 0.6 is 0 Å². The molecule has 28 heavy (non-hydrogen) atoms. The Hall–Kier alpha value is -3.17. The molecule has 0 aliphatic carbocycles. The summed E-state index contributed by atoms with van der Waals surface area (Å²) in [5.74, 6) is 1.14. The summed E-state index contributed by atoms with van der Waals surface area (Å²) < 4.78 is 1.77. The number of benzene rings is 2. The molecule has 0 saturated carbocycles. The van der Waals surface area contributed by atoms with Gasteiger partial charge in [-0.15, -0.1) is 0 Å². The summed E-state index contributed by atoms with van der Waals surface area (Å²) in [6.45, 7) is 3.30. The number of likely N-dealkylation sites (tertiary alicyclic amines) is 1. The maximum absolute atomic E-state index is 12.3. The molecule has 142 valence electrons. The number of aromatic amines is 1. The fourth-order valence-electron chi connectivity index (χ4n) is 3.91. The molecule has 2 aromatic carbocycles. The van der Waals surface area contributed by atoms with Crippen molar-refractivity contribution in [1.82, 2.24) is 19.7 Å². The Balaban J connectivity index is 1.41. The van der Waals surface area contributed by atoms with Gasteiger partial charge in [0.05, 0.1) is 18.2 Å². The summed E-state index contributed by atoms with van der Waals surface area (Å²) in [5, 5.41) is 16.0. The summed E-state index contributed by atoms with van der Waals surface area (Å²) >= 11 is 0. The molecule has 1 aromatic heterocycles. The van der Waals surface area contributed by atoms with Gasteiger partial charge in [0.1, 0.15) is 5.82 Å². The monoisotopic (exact) mass is 373 g/mol. The topological polar surface area (TPSA) is 77.7 Å². The quantitative estimate of drug-likeness (QED) is 0.746. The zero-order chi connectivity index (χ0) is 19.3. The molecule has 0 amide bonds. The molecule has 0 radical (unpaired) electrons. The van der Waals surface area contributed by atoms with E-state index in [0.29, 0.717) is 12.1 Å². The van der Waals surface area contributed by atoms with Gasteiger partial charge < -0.3 is 0 Å². The van der Waals surface area contributed by atoms with Crippen LogP contribution in [0.3, 0.4) is 0 Å². The van der Waals surface area contributed by atoms with Crippen molar-refractivity contribution in [3.63, 3.8) is 0 Å². The molecule has 0 atom stereocenters. The molecule has 1 fully saturated rings. The minimum atomic E-state index is -0.144. The van der Waals surface area contributed by atoms with Crippen LogP contribution in [0.25, 0.3) is 0 Å². The lowest BCUT2D eigenvalue weighted by atomic mass is 9.95. The molecule has 0 bridgehead atoms. The van der Waals surface area contributed by atoms with Crippen molar-refractivity contribution in [2.45, 2.75) is 31.8 Å². The molecule has 6 heteroatoms. The number of rotatable bonds is 5. The molecule has 1 aliphatic heterocycles.